The monoisotopic (exact) mass is 186 g/mol. The van der Waals surface area contributed by atoms with Gasteiger partial charge in [-0.3, -0.25) is 0 Å². The molecule has 68 valence electrons. The molecule has 1 rings (SSSR count). The third-order valence-corrected chi connectivity index (χ3v) is 1.73. The molecule has 0 aliphatic rings. The van der Waals surface area contributed by atoms with Crippen LogP contribution in [-0.2, 0) is 0 Å². The minimum absolute atomic E-state index is 0.0815. The lowest BCUT2D eigenvalue weighted by atomic mass is 10.0. The lowest BCUT2D eigenvalue weighted by molar-refractivity contribution is 0.0697. The standard InChI is InChI=1S/C10H6N2O2/c11-5-9(6-12)7-2-1-3-8(4-7)10(13)14/h1-4,9H,(H,13,14). The second-order valence-corrected chi connectivity index (χ2v) is 2.62. The van der Waals surface area contributed by atoms with Crippen LogP contribution in [0.5, 0.6) is 0 Å². The first-order chi connectivity index (χ1) is 6.69. The van der Waals surface area contributed by atoms with Crippen molar-refractivity contribution in [1.82, 2.24) is 0 Å². The summed E-state index contributed by atoms with van der Waals surface area (Å²) in [6, 6.07) is 9.38. The summed E-state index contributed by atoms with van der Waals surface area (Å²) in [5.74, 6) is -1.98. The van der Waals surface area contributed by atoms with Gasteiger partial charge in [0.05, 0.1) is 17.7 Å². The highest BCUT2D eigenvalue weighted by molar-refractivity contribution is 5.87. The van der Waals surface area contributed by atoms with E-state index < -0.39 is 11.9 Å². The summed E-state index contributed by atoms with van der Waals surface area (Å²) in [5, 5.41) is 25.8. The van der Waals surface area contributed by atoms with Gasteiger partial charge in [0.15, 0.2) is 5.92 Å². The Morgan fingerprint density at radius 2 is 2.00 bits per heavy atom. The number of aromatic carboxylic acids is 1. The van der Waals surface area contributed by atoms with Crippen LogP contribution in [0.3, 0.4) is 0 Å². The fraction of sp³-hybridized carbons (Fsp3) is 0.100. The molecule has 0 unspecified atom stereocenters. The maximum absolute atomic E-state index is 10.6. The van der Waals surface area contributed by atoms with E-state index in [1.165, 1.54) is 18.2 Å². The fourth-order valence-electron chi connectivity index (χ4n) is 1.03. The van der Waals surface area contributed by atoms with E-state index in [2.05, 4.69) is 0 Å². The number of hydrogen-bond acceptors (Lipinski definition) is 3. The molecule has 1 N–H and O–H groups in total. The van der Waals surface area contributed by atoms with Crippen molar-refractivity contribution < 1.29 is 9.90 Å². The predicted octanol–water partition coefficient (Wildman–Crippen LogP) is 1.52. The summed E-state index contributed by atoms with van der Waals surface area (Å²) in [6.45, 7) is 0. The third kappa shape index (κ3) is 1.88. The van der Waals surface area contributed by atoms with E-state index in [0.717, 1.165) is 0 Å². The summed E-state index contributed by atoms with van der Waals surface area (Å²) in [7, 11) is 0. The van der Waals surface area contributed by atoms with Gasteiger partial charge in [0.2, 0.25) is 0 Å². The van der Waals surface area contributed by atoms with E-state index >= 15 is 0 Å². The summed E-state index contributed by atoms with van der Waals surface area (Å²) in [5.41, 5.74) is 0.493. The molecule has 1 aromatic rings. The Bertz CT molecular complexity index is 426. The second-order valence-electron chi connectivity index (χ2n) is 2.62. The first-order valence-corrected chi connectivity index (χ1v) is 3.81. The molecule has 14 heavy (non-hydrogen) atoms. The van der Waals surface area contributed by atoms with E-state index in [-0.39, 0.29) is 5.56 Å². The van der Waals surface area contributed by atoms with Gasteiger partial charge < -0.3 is 5.11 Å². The molecule has 4 heteroatoms. The molecular formula is C10H6N2O2. The topological polar surface area (TPSA) is 84.9 Å². The van der Waals surface area contributed by atoms with E-state index in [9.17, 15) is 4.79 Å². The van der Waals surface area contributed by atoms with Crippen LogP contribution in [0.25, 0.3) is 0 Å². The summed E-state index contributed by atoms with van der Waals surface area (Å²) < 4.78 is 0. The van der Waals surface area contributed by atoms with Gasteiger partial charge in [-0.15, -0.1) is 0 Å². The highest BCUT2D eigenvalue weighted by Crippen LogP contribution is 2.15. The van der Waals surface area contributed by atoms with Gasteiger partial charge in [-0.2, -0.15) is 10.5 Å². The third-order valence-electron chi connectivity index (χ3n) is 1.73. The number of carboxylic acids is 1. The molecular weight excluding hydrogens is 180 g/mol. The average Bonchev–Trinajstić information content (AvgIpc) is 2.20. The van der Waals surface area contributed by atoms with Crippen molar-refractivity contribution in [2.75, 3.05) is 0 Å². The van der Waals surface area contributed by atoms with Crippen LogP contribution in [0.1, 0.15) is 21.8 Å². The fourth-order valence-corrected chi connectivity index (χ4v) is 1.03. The molecule has 0 bridgehead atoms. The molecule has 0 amide bonds. The molecule has 0 saturated carbocycles. The van der Waals surface area contributed by atoms with Crippen LogP contribution in [0.15, 0.2) is 24.3 Å². The predicted molar refractivity (Wildman–Crippen MR) is 47.4 cm³/mol. The van der Waals surface area contributed by atoms with Crippen LogP contribution in [0, 0.1) is 22.7 Å². The maximum atomic E-state index is 10.6. The molecule has 0 aliphatic heterocycles. The van der Waals surface area contributed by atoms with Crippen molar-refractivity contribution in [3.8, 4) is 12.1 Å². The first-order valence-electron chi connectivity index (χ1n) is 3.81. The number of carbonyl (C=O) groups is 1. The molecule has 0 spiro atoms. The van der Waals surface area contributed by atoms with Gasteiger partial charge in [-0.05, 0) is 17.7 Å². The van der Waals surface area contributed by atoms with Crippen molar-refractivity contribution in [3.63, 3.8) is 0 Å². The SMILES string of the molecule is N#CC(C#N)c1cccc(C(=O)O)c1. The van der Waals surface area contributed by atoms with E-state index in [1.54, 1.807) is 18.2 Å². The number of hydrogen-bond donors (Lipinski definition) is 1. The van der Waals surface area contributed by atoms with Gasteiger partial charge in [0.25, 0.3) is 0 Å². The minimum Gasteiger partial charge on any atom is -0.478 e. The smallest absolute Gasteiger partial charge is 0.335 e. The van der Waals surface area contributed by atoms with E-state index in [4.69, 9.17) is 15.6 Å². The van der Waals surface area contributed by atoms with Crippen molar-refractivity contribution in [2.24, 2.45) is 0 Å². The van der Waals surface area contributed by atoms with Gasteiger partial charge in [0, 0.05) is 0 Å². The molecule has 0 atom stereocenters. The minimum atomic E-state index is -1.07. The average molecular weight is 186 g/mol. The Balaban J connectivity index is 3.14. The normalized spacial score (nSPS) is 9.07. The molecule has 0 radical (unpaired) electrons. The molecule has 1 aromatic carbocycles. The quantitative estimate of drug-likeness (QED) is 0.758. The number of carboxylic acid groups (broad SMARTS) is 1. The van der Waals surface area contributed by atoms with Crippen molar-refractivity contribution in [1.29, 1.82) is 10.5 Å². The molecule has 0 aliphatic carbocycles. The zero-order chi connectivity index (χ0) is 10.6. The van der Waals surface area contributed by atoms with Gasteiger partial charge >= 0.3 is 5.97 Å². The molecule has 0 heterocycles. The van der Waals surface area contributed by atoms with E-state index in [1.807, 2.05) is 0 Å². The Kier molecular flexibility index (Phi) is 2.83. The number of nitriles is 2. The number of nitrogens with zero attached hydrogens (tertiary/aromatic N) is 2. The Hall–Kier alpha value is -2.33. The van der Waals surface area contributed by atoms with Crippen LogP contribution < -0.4 is 0 Å². The van der Waals surface area contributed by atoms with Crippen molar-refractivity contribution in [3.05, 3.63) is 35.4 Å². The van der Waals surface area contributed by atoms with Crippen LogP contribution >= 0.6 is 0 Å². The molecule has 0 aromatic heterocycles. The van der Waals surface area contributed by atoms with Gasteiger partial charge in [0.1, 0.15) is 0 Å². The second kappa shape index (κ2) is 4.06. The maximum Gasteiger partial charge on any atom is 0.335 e. The van der Waals surface area contributed by atoms with Crippen LogP contribution in [0.2, 0.25) is 0 Å². The van der Waals surface area contributed by atoms with Crippen LogP contribution in [0.4, 0.5) is 0 Å². The summed E-state index contributed by atoms with van der Waals surface area (Å²) in [4.78, 5) is 10.6. The zero-order valence-electron chi connectivity index (χ0n) is 7.14. The Labute approximate surface area is 80.6 Å². The Morgan fingerprint density at radius 3 is 2.50 bits per heavy atom. The van der Waals surface area contributed by atoms with Gasteiger partial charge in [-0.25, -0.2) is 4.79 Å². The van der Waals surface area contributed by atoms with Gasteiger partial charge in [-0.1, -0.05) is 12.1 Å². The Morgan fingerprint density at radius 1 is 1.36 bits per heavy atom. The summed E-state index contributed by atoms with van der Waals surface area (Å²) in [6.07, 6.45) is 0. The van der Waals surface area contributed by atoms with E-state index in [0.29, 0.717) is 5.56 Å². The molecule has 4 nitrogen and oxygen atoms in total. The van der Waals surface area contributed by atoms with Crippen molar-refractivity contribution in [2.45, 2.75) is 5.92 Å². The highest BCUT2D eigenvalue weighted by atomic mass is 16.4. The molecule has 0 saturated heterocycles. The number of benzene rings is 1. The largest absolute Gasteiger partial charge is 0.478 e. The highest BCUT2D eigenvalue weighted by Gasteiger charge is 2.11. The lowest BCUT2D eigenvalue weighted by Crippen LogP contribution is -1.99. The van der Waals surface area contributed by atoms with Crippen LogP contribution in [-0.4, -0.2) is 11.1 Å². The van der Waals surface area contributed by atoms with Crippen molar-refractivity contribution >= 4 is 5.97 Å². The zero-order valence-corrected chi connectivity index (χ0v) is 7.14. The lowest BCUT2D eigenvalue weighted by Gasteiger charge is -2.00. The number of rotatable bonds is 2. The molecule has 0 fully saturated rings. The first kappa shape index (κ1) is 9.76. The summed E-state index contributed by atoms with van der Waals surface area (Å²) >= 11 is 0.